The Kier molecular flexibility index (Phi) is 16.1. The van der Waals surface area contributed by atoms with Gasteiger partial charge in [0, 0.05) is 47.6 Å². The summed E-state index contributed by atoms with van der Waals surface area (Å²) in [5.41, 5.74) is 3.58. The lowest BCUT2D eigenvalue weighted by Gasteiger charge is -2.38. The van der Waals surface area contributed by atoms with E-state index in [1.54, 1.807) is 0 Å². The Balaban J connectivity index is 0.000000238. The maximum atomic E-state index is 12.6. The molecule has 4 aliphatic carbocycles. The maximum absolute atomic E-state index is 12.6. The molecule has 2 unspecified atom stereocenters. The van der Waals surface area contributed by atoms with Gasteiger partial charge in [0.1, 0.15) is 22.7 Å². The molecule has 0 aromatic carbocycles. The van der Waals surface area contributed by atoms with Crippen molar-refractivity contribution in [3.8, 4) is 0 Å². The van der Waals surface area contributed by atoms with E-state index >= 15 is 0 Å². The van der Waals surface area contributed by atoms with Crippen LogP contribution in [0.3, 0.4) is 0 Å². The van der Waals surface area contributed by atoms with Gasteiger partial charge in [-0.3, -0.25) is 19.2 Å². The zero-order chi connectivity index (χ0) is 46.7. The third-order valence-electron chi connectivity index (χ3n) is 12.6. The molecule has 354 valence electrons. The molecule has 4 saturated carbocycles. The zero-order valence-electron chi connectivity index (χ0n) is 40.9. The maximum Gasteiger partial charge on any atom is 0.306 e. The summed E-state index contributed by atoms with van der Waals surface area (Å²) in [5.74, 6) is 2.96. The standard InChI is InChI=1S/C26H41NO5.C25H39NO5/c1-25(2,3)15-16-12-19(13-16)24-22(17-8-9-17)23(27-32-24)18(10-11-20(28)30-7)14-21(29)31-26(4,5)6;1-24(2,3)14-15-11-18(12-15)23-21(16-7-8-16)22(26-31-23)17(9-10-19(27)28)13-20(29)30-25(4,5)6/h16-19H,8-15H2,1-7H3;15-18H,7-14H2,1-6H3,(H,27,28). The summed E-state index contributed by atoms with van der Waals surface area (Å²) in [5, 5.41) is 18.2. The monoisotopic (exact) mass is 881 g/mol. The number of aromatic nitrogens is 2. The molecule has 2 heterocycles. The predicted octanol–water partition coefficient (Wildman–Crippen LogP) is 12.4. The van der Waals surface area contributed by atoms with Crippen molar-refractivity contribution in [3.63, 3.8) is 0 Å². The second-order valence-electron chi connectivity index (χ2n) is 23.9. The molecule has 4 aliphatic rings. The van der Waals surface area contributed by atoms with Crippen molar-refractivity contribution in [1.29, 1.82) is 0 Å². The van der Waals surface area contributed by atoms with Crippen LogP contribution < -0.4 is 0 Å². The summed E-state index contributed by atoms with van der Waals surface area (Å²) in [4.78, 5) is 48.2. The predicted molar refractivity (Wildman–Crippen MR) is 241 cm³/mol. The molecular weight excluding hydrogens is 801 g/mol. The summed E-state index contributed by atoms with van der Waals surface area (Å²) < 4.78 is 27.8. The second-order valence-corrected chi connectivity index (χ2v) is 23.9. The SMILES string of the molecule is CC(C)(C)CC1CC(c2onc(C(CCC(=O)O)CC(=O)OC(C)(C)C)c2C2CC2)C1.COC(=O)CCC(CC(=O)OC(C)(C)C)c1noc(C2CC(CC(C)(C)C)C2)c1C1CC1. The van der Waals surface area contributed by atoms with Gasteiger partial charge in [-0.2, -0.15) is 0 Å². The van der Waals surface area contributed by atoms with Crippen LogP contribution in [-0.4, -0.2) is 57.6 Å². The van der Waals surface area contributed by atoms with Crippen LogP contribution in [0.5, 0.6) is 0 Å². The molecule has 4 fully saturated rings. The summed E-state index contributed by atoms with van der Waals surface area (Å²) in [6, 6.07) is 0. The van der Waals surface area contributed by atoms with Gasteiger partial charge in [-0.1, -0.05) is 51.9 Å². The minimum Gasteiger partial charge on any atom is -0.481 e. The third kappa shape index (κ3) is 15.8. The van der Waals surface area contributed by atoms with E-state index in [-0.39, 0.29) is 55.4 Å². The summed E-state index contributed by atoms with van der Waals surface area (Å²) in [6.45, 7) is 24.9. The Labute approximate surface area is 377 Å². The van der Waals surface area contributed by atoms with E-state index in [2.05, 4.69) is 51.9 Å². The van der Waals surface area contributed by atoms with E-state index in [9.17, 15) is 24.3 Å². The summed E-state index contributed by atoms with van der Waals surface area (Å²) in [7, 11) is 1.39. The molecule has 63 heavy (non-hydrogen) atoms. The van der Waals surface area contributed by atoms with Gasteiger partial charge < -0.3 is 28.4 Å². The number of carbonyl (C=O) groups is 4. The van der Waals surface area contributed by atoms with Crippen molar-refractivity contribution in [1.82, 2.24) is 10.3 Å². The van der Waals surface area contributed by atoms with E-state index in [1.807, 2.05) is 41.5 Å². The highest BCUT2D eigenvalue weighted by Crippen LogP contribution is 2.55. The topological polar surface area (TPSA) is 168 Å². The average Bonchev–Trinajstić information content (AvgIpc) is 4.04. The molecule has 12 nitrogen and oxygen atoms in total. The van der Waals surface area contributed by atoms with Crippen molar-refractivity contribution < 1.29 is 47.5 Å². The number of hydrogen-bond acceptors (Lipinski definition) is 11. The highest BCUT2D eigenvalue weighted by Gasteiger charge is 2.44. The smallest absolute Gasteiger partial charge is 0.306 e. The summed E-state index contributed by atoms with van der Waals surface area (Å²) >= 11 is 0. The molecular formula is C51H80N2O10. The lowest BCUT2D eigenvalue weighted by Crippen LogP contribution is -2.26. The van der Waals surface area contributed by atoms with Crippen LogP contribution in [-0.2, 0) is 33.4 Å². The van der Waals surface area contributed by atoms with Crippen molar-refractivity contribution in [3.05, 3.63) is 34.0 Å². The lowest BCUT2D eigenvalue weighted by atomic mass is 9.66. The van der Waals surface area contributed by atoms with Crippen molar-refractivity contribution >= 4 is 23.9 Å². The number of esters is 3. The number of aliphatic carboxylic acids is 1. The molecule has 2 aromatic rings. The van der Waals surface area contributed by atoms with Crippen LogP contribution in [0.4, 0.5) is 0 Å². The molecule has 0 amide bonds. The van der Waals surface area contributed by atoms with E-state index < -0.39 is 17.2 Å². The number of ether oxygens (including phenoxy) is 3. The van der Waals surface area contributed by atoms with Gasteiger partial charge >= 0.3 is 23.9 Å². The van der Waals surface area contributed by atoms with Crippen molar-refractivity contribution in [2.24, 2.45) is 22.7 Å². The van der Waals surface area contributed by atoms with Gasteiger partial charge in [0.25, 0.3) is 0 Å². The van der Waals surface area contributed by atoms with E-state index in [0.717, 1.165) is 91.7 Å². The van der Waals surface area contributed by atoms with E-state index in [4.69, 9.17) is 23.3 Å². The number of carboxylic acids is 1. The Bertz CT molecular complexity index is 1860. The van der Waals surface area contributed by atoms with Crippen molar-refractivity contribution in [2.45, 2.75) is 233 Å². The highest BCUT2D eigenvalue weighted by atomic mass is 16.6. The first-order valence-electron chi connectivity index (χ1n) is 23.9. The van der Waals surface area contributed by atoms with E-state index in [1.165, 1.54) is 25.5 Å². The molecule has 2 aromatic heterocycles. The van der Waals surface area contributed by atoms with Crippen LogP contribution in [0, 0.1) is 22.7 Å². The third-order valence-corrected chi connectivity index (χ3v) is 12.6. The number of hydrogen-bond donors (Lipinski definition) is 1. The number of methoxy groups -OCH3 is 1. The normalized spacial score (nSPS) is 22.4. The van der Waals surface area contributed by atoms with Crippen LogP contribution >= 0.6 is 0 Å². The van der Waals surface area contributed by atoms with Gasteiger partial charge in [0.05, 0.1) is 31.3 Å². The van der Waals surface area contributed by atoms with Crippen LogP contribution in [0.1, 0.15) is 255 Å². The van der Waals surface area contributed by atoms with Gasteiger partial charge in [-0.25, -0.2) is 0 Å². The lowest BCUT2D eigenvalue weighted by molar-refractivity contribution is -0.156. The Hall–Kier alpha value is -3.70. The molecule has 0 spiro atoms. The molecule has 0 bridgehead atoms. The van der Waals surface area contributed by atoms with Gasteiger partial charge in [-0.05, 0) is 153 Å². The number of carbonyl (C=O) groups excluding carboxylic acids is 3. The fourth-order valence-electron chi connectivity index (χ4n) is 9.88. The average molecular weight is 881 g/mol. The largest absolute Gasteiger partial charge is 0.481 e. The van der Waals surface area contributed by atoms with Crippen molar-refractivity contribution in [2.75, 3.05) is 7.11 Å². The molecule has 1 N–H and O–H groups in total. The fourth-order valence-corrected chi connectivity index (χ4v) is 9.88. The highest BCUT2D eigenvalue weighted by molar-refractivity contribution is 5.73. The fraction of sp³-hybridized carbons (Fsp3) is 0.804. The first kappa shape index (κ1) is 50.3. The molecule has 2 atom stereocenters. The van der Waals surface area contributed by atoms with Gasteiger partial charge in [0.15, 0.2) is 0 Å². The van der Waals surface area contributed by atoms with Crippen LogP contribution in [0.25, 0.3) is 0 Å². The first-order valence-corrected chi connectivity index (χ1v) is 23.9. The Morgan fingerprint density at radius 1 is 0.587 bits per heavy atom. The number of rotatable bonds is 18. The number of nitrogens with zero attached hydrogens (tertiary/aromatic N) is 2. The molecule has 0 saturated heterocycles. The molecule has 0 radical (unpaired) electrons. The quantitative estimate of drug-likeness (QED) is 0.111. The van der Waals surface area contributed by atoms with Gasteiger partial charge in [0.2, 0.25) is 0 Å². The van der Waals surface area contributed by atoms with Crippen LogP contribution in [0.15, 0.2) is 9.05 Å². The zero-order valence-corrected chi connectivity index (χ0v) is 40.9. The number of carboxylic acid groups (broad SMARTS) is 1. The molecule has 0 aliphatic heterocycles. The Morgan fingerprint density at radius 3 is 1.25 bits per heavy atom. The molecule has 12 heteroatoms. The summed E-state index contributed by atoms with van der Waals surface area (Å²) in [6.07, 6.45) is 12.9. The Morgan fingerprint density at radius 2 is 0.952 bits per heavy atom. The minimum atomic E-state index is -0.866. The second kappa shape index (κ2) is 20.2. The van der Waals surface area contributed by atoms with E-state index in [0.29, 0.717) is 47.3 Å². The molecule has 6 rings (SSSR count). The first-order chi connectivity index (χ1) is 29.2. The van der Waals surface area contributed by atoms with Gasteiger partial charge in [-0.15, -0.1) is 0 Å². The minimum absolute atomic E-state index is 0.00313. The van der Waals surface area contributed by atoms with Crippen LogP contribution in [0.2, 0.25) is 0 Å².